The first-order valence-electron chi connectivity index (χ1n) is 6.30. The van der Waals surface area contributed by atoms with Gasteiger partial charge >= 0.3 is 6.03 Å². The summed E-state index contributed by atoms with van der Waals surface area (Å²) in [5.41, 5.74) is 0.371. The van der Waals surface area contributed by atoms with Crippen molar-refractivity contribution in [3.8, 4) is 0 Å². The number of amides is 1. The normalized spacial score (nSPS) is 20.1. The van der Waals surface area contributed by atoms with Crippen LogP contribution in [0.4, 0.5) is 4.79 Å². The minimum atomic E-state index is 0.100. The van der Waals surface area contributed by atoms with Crippen LogP contribution in [0.2, 0.25) is 0 Å². The van der Waals surface area contributed by atoms with E-state index in [-0.39, 0.29) is 6.03 Å². The second kappa shape index (κ2) is 4.51. The fourth-order valence-electron chi connectivity index (χ4n) is 2.34. The van der Waals surface area contributed by atoms with E-state index in [1.54, 1.807) is 4.57 Å². The number of carbonyl (C=O) groups excluding carboxylic acids is 1. The number of rotatable bonds is 0. The molecule has 94 valence electrons. The molecule has 1 aromatic rings. The van der Waals surface area contributed by atoms with Gasteiger partial charge in [0.1, 0.15) is 12.4 Å². The number of aryl methyl sites for hydroxylation is 1. The summed E-state index contributed by atoms with van der Waals surface area (Å²) in [5, 5.41) is 0. The molecule has 1 aliphatic heterocycles. The molecule has 2 heterocycles. The summed E-state index contributed by atoms with van der Waals surface area (Å²) in [6, 6.07) is 0.100. The van der Waals surface area contributed by atoms with Gasteiger partial charge in [0.15, 0.2) is 0 Å². The van der Waals surface area contributed by atoms with Crippen LogP contribution in [0.5, 0.6) is 0 Å². The predicted molar refractivity (Wildman–Crippen MR) is 65.6 cm³/mol. The molecule has 1 fully saturated rings. The molecule has 0 spiro atoms. The van der Waals surface area contributed by atoms with Crippen LogP contribution in [-0.4, -0.2) is 28.6 Å². The fourth-order valence-corrected chi connectivity index (χ4v) is 2.34. The van der Waals surface area contributed by atoms with Gasteiger partial charge in [-0.3, -0.25) is 0 Å². The molecule has 1 amide bonds. The van der Waals surface area contributed by atoms with Crippen molar-refractivity contribution < 1.29 is 9.36 Å². The van der Waals surface area contributed by atoms with Crippen molar-refractivity contribution in [1.29, 1.82) is 0 Å². The van der Waals surface area contributed by atoms with Crippen molar-refractivity contribution in [2.75, 3.05) is 13.1 Å². The highest BCUT2D eigenvalue weighted by Gasteiger charge is 2.27. The zero-order valence-electron chi connectivity index (χ0n) is 11.0. The van der Waals surface area contributed by atoms with Crippen molar-refractivity contribution in [1.82, 2.24) is 9.47 Å². The molecule has 1 aromatic heterocycles. The molecule has 0 unspecified atom stereocenters. The van der Waals surface area contributed by atoms with Crippen molar-refractivity contribution >= 4 is 6.03 Å². The number of hydrogen-bond acceptors (Lipinski definition) is 1. The minimum Gasteiger partial charge on any atom is -0.304 e. The van der Waals surface area contributed by atoms with Gasteiger partial charge in [0.05, 0.1) is 7.05 Å². The largest absolute Gasteiger partial charge is 0.415 e. The Bertz CT molecular complexity index is 409. The summed E-state index contributed by atoms with van der Waals surface area (Å²) in [6.07, 6.45) is 8.92. The molecule has 4 nitrogen and oxygen atoms in total. The van der Waals surface area contributed by atoms with E-state index in [4.69, 9.17) is 0 Å². The number of nitrogens with zero attached hydrogens (tertiary/aromatic N) is 3. The molecule has 17 heavy (non-hydrogen) atoms. The van der Waals surface area contributed by atoms with Crippen LogP contribution in [0.25, 0.3) is 0 Å². The van der Waals surface area contributed by atoms with E-state index in [2.05, 4.69) is 13.8 Å². The third-order valence-corrected chi connectivity index (χ3v) is 3.60. The number of carbonyl (C=O) groups is 1. The average molecular weight is 236 g/mol. The van der Waals surface area contributed by atoms with Gasteiger partial charge in [-0.05, 0) is 24.7 Å². The van der Waals surface area contributed by atoms with E-state index in [1.807, 2.05) is 35.2 Å². The lowest BCUT2D eigenvalue weighted by molar-refractivity contribution is -0.670. The Labute approximate surface area is 103 Å². The Hall–Kier alpha value is -1.32. The number of likely N-dealkylation sites (tertiary alicyclic amines) is 1. The Kier molecular flexibility index (Phi) is 3.22. The standard InChI is InChI=1S/C13H22N3O/c1-13(2)5-4-7-15(8-6-13)12(17)16-10-9-14(3)11-16/h9-11H,4-8H2,1-3H3/q+1. The lowest BCUT2D eigenvalue weighted by Crippen LogP contribution is -2.36. The molecule has 0 aliphatic carbocycles. The summed E-state index contributed by atoms with van der Waals surface area (Å²) in [6.45, 7) is 6.32. The number of hydrogen-bond donors (Lipinski definition) is 0. The predicted octanol–water partition coefficient (Wildman–Crippen LogP) is 1.79. The Morgan fingerprint density at radius 1 is 1.29 bits per heavy atom. The summed E-state index contributed by atoms with van der Waals surface area (Å²) in [4.78, 5) is 14.2. The van der Waals surface area contributed by atoms with Crippen LogP contribution in [0, 0.1) is 5.41 Å². The van der Waals surface area contributed by atoms with E-state index in [9.17, 15) is 4.79 Å². The quantitative estimate of drug-likeness (QED) is 0.631. The smallest absolute Gasteiger partial charge is 0.304 e. The van der Waals surface area contributed by atoms with Gasteiger partial charge < -0.3 is 4.90 Å². The zero-order valence-corrected chi connectivity index (χ0v) is 11.0. The second-order valence-corrected chi connectivity index (χ2v) is 5.77. The van der Waals surface area contributed by atoms with Gasteiger partial charge in [0.25, 0.3) is 6.33 Å². The van der Waals surface area contributed by atoms with Crippen molar-refractivity contribution in [2.24, 2.45) is 12.5 Å². The lowest BCUT2D eigenvalue weighted by Gasteiger charge is -2.22. The van der Waals surface area contributed by atoms with Crippen LogP contribution in [-0.2, 0) is 7.05 Å². The molecule has 0 saturated carbocycles. The van der Waals surface area contributed by atoms with Gasteiger partial charge in [-0.15, -0.1) is 0 Å². The Balaban J connectivity index is 2.05. The van der Waals surface area contributed by atoms with Gasteiger partial charge in [-0.2, -0.15) is 4.57 Å². The molecule has 0 atom stereocenters. The van der Waals surface area contributed by atoms with E-state index >= 15 is 0 Å². The van der Waals surface area contributed by atoms with E-state index < -0.39 is 0 Å². The van der Waals surface area contributed by atoms with E-state index in [0.717, 1.165) is 25.9 Å². The molecular formula is C13H22N3O+. The van der Waals surface area contributed by atoms with Gasteiger partial charge in [0, 0.05) is 13.1 Å². The summed E-state index contributed by atoms with van der Waals surface area (Å²) < 4.78 is 3.55. The molecular weight excluding hydrogens is 214 g/mol. The topological polar surface area (TPSA) is 29.1 Å². The van der Waals surface area contributed by atoms with Crippen LogP contribution in [0.15, 0.2) is 18.7 Å². The van der Waals surface area contributed by atoms with Gasteiger partial charge in [-0.1, -0.05) is 13.8 Å². The first-order valence-corrected chi connectivity index (χ1v) is 6.30. The van der Waals surface area contributed by atoms with Crippen LogP contribution in [0.1, 0.15) is 33.1 Å². The SMILES string of the molecule is C[n+]1ccn(C(=O)N2CCCC(C)(C)CC2)c1. The molecule has 0 radical (unpaired) electrons. The van der Waals surface area contributed by atoms with E-state index in [0.29, 0.717) is 5.41 Å². The first kappa shape index (κ1) is 12.1. The summed E-state index contributed by atoms with van der Waals surface area (Å²) in [5.74, 6) is 0. The first-order chi connectivity index (χ1) is 7.98. The summed E-state index contributed by atoms with van der Waals surface area (Å²) >= 11 is 0. The number of aromatic nitrogens is 2. The molecule has 4 heteroatoms. The van der Waals surface area contributed by atoms with Crippen molar-refractivity contribution in [3.05, 3.63) is 18.7 Å². The average Bonchev–Trinajstić information content (AvgIpc) is 2.60. The molecule has 0 N–H and O–H groups in total. The molecule has 1 aliphatic rings. The minimum absolute atomic E-state index is 0.100. The zero-order chi connectivity index (χ0) is 12.5. The molecule has 1 saturated heterocycles. The highest BCUT2D eigenvalue weighted by atomic mass is 16.2. The van der Waals surface area contributed by atoms with Gasteiger partial charge in [-0.25, -0.2) is 9.36 Å². The Morgan fingerprint density at radius 2 is 2.06 bits per heavy atom. The highest BCUT2D eigenvalue weighted by molar-refractivity contribution is 5.76. The van der Waals surface area contributed by atoms with Crippen LogP contribution >= 0.6 is 0 Å². The van der Waals surface area contributed by atoms with Crippen LogP contribution in [0.3, 0.4) is 0 Å². The highest BCUT2D eigenvalue weighted by Crippen LogP contribution is 2.29. The maximum absolute atomic E-state index is 12.3. The lowest BCUT2D eigenvalue weighted by atomic mass is 9.85. The van der Waals surface area contributed by atoms with Crippen molar-refractivity contribution in [2.45, 2.75) is 33.1 Å². The maximum Gasteiger partial charge on any atom is 0.415 e. The van der Waals surface area contributed by atoms with Gasteiger partial charge in [0.2, 0.25) is 0 Å². The molecule has 0 bridgehead atoms. The van der Waals surface area contributed by atoms with E-state index in [1.165, 1.54) is 6.42 Å². The maximum atomic E-state index is 12.3. The molecule has 2 rings (SSSR count). The number of imidazole rings is 1. The second-order valence-electron chi connectivity index (χ2n) is 5.77. The Morgan fingerprint density at radius 3 is 2.71 bits per heavy atom. The summed E-state index contributed by atoms with van der Waals surface area (Å²) in [7, 11) is 1.93. The third kappa shape index (κ3) is 2.87. The monoisotopic (exact) mass is 236 g/mol. The fraction of sp³-hybridized carbons (Fsp3) is 0.692. The van der Waals surface area contributed by atoms with Crippen molar-refractivity contribution in [3.63, 3.8) is 0 Å². The molecule has 0 aromatic carbocycles. The third-order valence-electron chi connectivity index (χ3n) is 3.60. The van der Waals surface area contributed by atoms with Crippen LogP contribution < -0.4 is 4.57 Å².